The molecule has 1 aromatic heterocycles. The second-order valence-corrected chi connectivity index (χ2v) is 6.52. The van der Waals surface area contributed by atoms with Crippen LogP contribution in [0.25, 0.3) is 10.9 Å². The lowest BCUT2D eigenvalue weighted by atomic mass is 10.1. The van der Waals surface area contributed by atoms with Gasteiger partial charge in [-0.25, -0.2) is 14.4 Å². The van der Waals surface area contributed by atoms with Crippen LogP contribution < -0.4 is 15.8 Å². The number of benzene rings is 3. The lowest BCUT2D eigenvalue weighted by molar-refractivity contribution is 0.303. The Morgan fingerprint density at radius 3 is 2.75 bits per heavy atom. The number of aromatic nitrogens is 2. The van der Waals surface area contributed by atoms with E-state index in [2.05, 4.69) is 15.3 Å². The van der Waals surface area contributed by atoms with E-state index in [-0.39, 0.29) is 5.82 Å². The predicted molar refractivity (Wildman–Crippen MR) is 109 cm³/mol. The van der Waals surface area contributed by atoms with E-state index in [4.69, 9.17) is 10.5 Å². The Bertz CT molecular complexity index is 1150. The molecule has 0 fully saturated rings. The topological polar surface area (TPSA) is 73.1 Å². The Hall–Kier alpha value is -3.67. The van der Waals surface area contributed by atoms with Crippen molar-refractivity contribution in [1.82, 2.24) is 9.97 Å². The zero-order chi connectivity index (χ0) is 19.5. The maximum absolute atomic E-state index is 13.3. The number of nitrogens with one attached hydrogen (secondary N) is 1. The zero-order valence-corrected chi connectivity index (χ0v) is 15.3. The van der Waals surface area contributed by atoms with Crippen LogP contribution in [0.5, 0.6) is 5.75 Å². The summed E-state index contributed by atoms with van der Waals surface area (Å²) in [5.41, 5.74) is 9.99. The lowest BCUT2D eigenvalue weighted by Crippen LogP contribution is -2.00. The van der Waals surface area contributed by atoms with Crippen LogP contribution in [0.3, 0.4) is 0 Å². The summed E-state index contributed by atoms with van der Waals surface area (Å²) in [4.78, 5) is 8.60. The molecule has 0 aliphatic heterocycles. The van der Waals surface area contributed by atoms with Crippen molar-refractivity contribution < 1.29 is 9.13 Å². The largest absolute Gasteiger partial charge is 0.489 e. The fourth-order valence-electron chi connectivity index (χ4n) is 2.99. The third-order valence-electron chi connectivity index (χ3n) is 4.38. The molecule has 0 saturated carbocycles. The Balaban J connectivity index is 1.53. The van der Waals surface area contributed by atoms with Crippen molar-refractivity contribution in [2.24, 2.45) is 0 Å². The molecule has 3 aromatic carbocycles. The fourth-order valence-corrected chi connectivity index (χ4v) is 2.99. The maximum Gasteiger partial charge on any atom is 0.141 e. The first kappa shape index (κ1) is 17.7. The minimum Gasteiger partial charge on any atom is -0.489 e. The molecule has 0 aliphatic carbocycles. The highest BCUT2D eigenvalue weighted by molar-refractivity contribution is 5.92. The molecule has 0 spiro atoms. The number of halogens is 1. The summed E-state index contributed by atoms with van der Waals surface area (Å²) in [6.45, 7) is 2.27. The van der Waals surface area contributed by atoms with Crippen molar-refractivity contribution in [3.63, 3.8) is 0 Å². The summed E-state index contributed by atoms with van der Waals surface area (Å²) < 4.78 is 19.1. The van der Waals surface area contributed by atoms with Gasteiger partial charge in [0.15, 0.2) is 0 Å². The van der Waals surface area contributed by atoms with E-state index in [9.17, 15) is 4.39 Å². The van der Waals surface area contributed by atoms with Gasteiger partial charge in [-0.05, 0) is 66.6 Å². The van der Waals surface area contributed by atoms with Crippen molar-refractivity contribution in [2.45, 2.75) is 13.5 Å². The van der Waals surface area contributed by atoms with Crippen LogP contribution in [0.15, 0.2) is 67.0 Å². The SMILES string of the molecule is Cc1cc(Nc2ncnc3ccc(N)cc23)ccc1OCc1cccc(F)c1. The zero-order valence-electron chi connectivity index (χ0n) is 15.3. The number of nitrogens with two attached hydrogens (primary N) is 1. The summed E-state index contributed by atoms with van der Waals surface area (Å²) in [5.74, 6) is 1.16. The normalized spacial score (nSPS) is 10.8. The van der Waals surface area contributed by atoms with Gasteiger partial charge in [0.25, 0.3) is 0 Å². The quantitative estimate of drug-likeness (QED) is 0.482. The summed E-state index contributed by atoms with van der Waals surface area (Å²) in [7, 11) is 0. The van der Waals surface area contributed by atoms with E-state index >= 15 is 0 Å². The lowest BCUT2D eigenvalue weighted by Gasteiger charge is -2.13. The van der Waals surface area contributed by atoms with Gasteiger partial charge >= 0.3 is 0 Å². The smallest absolute Gasteiger partial charge is 0.141 e. The molecule has 5 nitrogen and oxygen atoms in total. The first-order valence-electron chi connectivity index (χ1n) is 8.84. The van der Waals surface area contributed by atoms with E-state index in [0.29, 0.717) is 18.1 Å². The second-order valence-electron chi connectivity index (χ2n) is 6.52. The van der Waals surface area contributed by atoms with Gasteiger partial charge in [-0.1, -0.05) is 12.1 Å². The van der Waals surface area contributed by atoms with E-state index < -0.39 is 0 Å². The molecular weight excluding hydrogens is 355 g/mol. The minimum atomic E-state index is -0.268. The monoisotopic (exact) mass is 374 g/mol. The molecule has 4 rings (SSSR count). The molecule has 0 unspecified atom stereocenters. The number of hydrogen-bond acceptors (Lipinski definition) is 5. The number of aryl methyl sites for hydroxylation is 1. The van der Waals surface area contributed by atoms with Crippen molar-refractivity contribution >= 4 is 28.1 Å². The molecule has 28 heavy (non-hydrogen) atoms. The number of nitrogen functional groups attached to an aromatic ring is 1. The van der Waals surface area contributed by atoms with Crippen LogP contribution in [-0.2, 0) is 6.61 Å². The number of anilines is 3. The van der Waals surface area contributed by atoms with Crippen molar-refractivity contribution in [2.75, 3.05) is 11.1 Å². The highest BCUT2D eigenvalue weighted by Gasteiger charge is 2.07. The first-order valence-corrected chi connectivity index (χ1v) is 8.84. The van der Waals surface area contributed by atoms with Gasteiger partial charge in [0.05, 0.1) is 5.52 Å². The average Bonchev–Trinajstić information content (AvgIpc) is 2.68. The Labute approximate surface area is 162 Å². The molecule has 4 aromatic rings. The molecule has 0 saturated heterocycles. The Morgan fingerprint density at radius 2 is 1.93 bits per heavy atom. The van der Waals surface area contributed by atoms with Gasteiger partial charge in [0.1, 0.15) is 30.3 Å². The Kier molecular flexibility index (Phi) is 4.76. The van der Waals surface area contributed by atoms with Crippen molar-refractivity contribution in [3.8, 4) is 5.75 Å². The number of rotatable bonds is 5. The maximum atomic E-state index is 13.3. The average molecular weight is 374 g/mol. The predicted octanol–water partition coefficient (Wildman–Crippen LogP) is 4.98. The fraction of sp³-hybridized carbons (Fsp3) is 0.0909. The number of ether oxygens (including phenoxy) is 1. The molecule has 0 aliphatic rings. The molecule has 0 bridgehead atoms. The van der Waals surface area contributed by atoms with Gasteiger partial charge < -0.3 is 15.8 Å². The van der Waals surface area contributed by atoms with Gasteiger partial charge in [-0.15, -0.1) is 0 Å². The molecule has 3 N–H and O–H groups in total. The van der Waals surface area contributed by atoms with Crippen molar-refractivity contribution in [3.05, 3.63) is 83.9 Å². The van der Waals surface area contributed by atoms with E-state index in [1.165, 1.54) is 18.5 Å². The summed E-state index contributed by atoms with van der Waals surface area (Å²) >= 11 is 0. The van der Waals surface area contributed by atoms with Crippen LogP contribution in [-0.4, -0.2) is 9.97 Å². The minimum absolute atomic E-state index is 0.268. The van der Waals surface area contributed by atoms with Crippen LogP contribution in [0.4, 0.5) is 21.6 Å². The van der Waals surface area contributed by atoms with E-state index in [0.717, 1.165) is 33.5 Å². The molecule has 140 valence electrons. The van der Waals surface area contributed by atoms with Crippen LogP contribution in [0, 0.1) is 12.7 Å². The third-order valence-corrected chi connectivity index (χ3v) is 4.38. The van der Waals surface area contributed by atoms with Gasteiger partial charge in [-0.3, -0.25) is 0 Å². The van der Waals surface area contributed by atoms with E-state index in [1.54, 1.807) is 6.07 Å². The third kappa shape index (κ3) is 3.86. The van der Waals surface area contributed by atoms with E-state index in [1.807, 2.05) is 49.4 Å². The van der Waals surface area contributed by atoms with Crippen LogP contribution >= 0.6 is 0 Å². The van der Waals surface area contributed by atoms with Gasteiger partial charge in [0, 0.05) is 16.8 Å². The first-order chi connectivity index (χ1) is 13.6. The summed E-state index contributed by atoms with van der Waals surface area (Å²) in [6, 6.07) is 17.7. The summed E-state index contributed by atoms with van der Waals surface area (Å²) in [6.07, 6.45) is 1.52. The molecule has 0 amide bonds. The van der Waals surface area contributed by atoms with Crippen LogP contribution in [0.1, 0.15) is 11.1 Å². The number of hydrogen-bond donors (Lipinski definition) is 2. The molecule has 0 radical (unpaired) electrons. The van der Waals surface area contributed by atoms with Crippen LogP contribution in [0.2, 0.25) is 0 Å². The molecule has 0 atom stereocenters. The van der Waals surface area contributed by atoms with Crippen molar-refractivity contribution in [1.29, 1.82) is 0 Å². The number of fused-ring (bicyclic) bond motifs is 1. The standard InChI is InChI=1S/C22H19FN4O/c1-14-9-18(6-8-21(14)28-12-15-3-2-4-16(23)10-15)27-22-19-11-17(24)5-7-20(19)25-13-26-22/h2-11,13H,12,24H2,1H3,(H,25,26,27). The highest BCUT2D eigenvalue weighted by Crippen LogP contribution is 2.28. The van der Waals surface area contributed by atoms with Gasteiger partial charge in [0.2, 0.25) is 0 Å². The Morgan fingerprint density at radius 1 is 1.04 bits per heavy atom. The number of nitrogens with zero attached hydrogens (tertiary/aromatic N) is 2. The highest BCUT2D eigenvalue weighted by atomic mass is 19.1. The molecule has 1 heterocycles. The van der Waals surface area contributed by atoms with Gasteiger partial charge in [-0.2, -0.15) is 0 Å². The second kappa shape index (κ2) is 7.52. The molecular formula is C22H19FN4O. The summed E-state index contributed by atoms with van der Waals surface area (Å²) in [5, 5.41) is 4.16. The molecule has 6 heteroatoms.